The van der Waals surface area contributed by atoms with Crippen LogP contribution in [-0.2, 0) is 17.9 Å². The van der Waals surface area contributed by atoms with Crippen LogP contribution >= 0.6 is 0 Å². The molecule has 0 atom stereocenters. The molecule has 0 radical (unpaired) electrons. The van der Waals surface area contributed by atoms with Gasteiger partial charge in [-0.1, -0.05) is 12.1 Å². The molecular weight excluding hydrogens is 278 g/mol. The van der Waals surface area contributed by atoms with Gasteiger partial charge in [0.15, 0.2) is 0 Å². The maximum Gasteiger partial charge on any atom is 0.329 e. The highest BCUT2D eigenvalue weighted by atomic mass is 16.2. The second-order valence-electron chi connectivity index (χ2n) is 6.23. The lowest BCUT2D eigenvalue weighted by Crippen LogP contribution is -2.42. The second-order valence-corrected chi connectivity index (χ2v) is 6.23. The van der Waals surface area contributed by atoms with Crippen molar-refractivity contribution < 1.29 is 4.79 Å². The van der Waals surface area contributed by atoms with E-state index < -0.39 is 0 Å². The van der Waals surface area contributed by atoms with E-state index >= 15 is 0 Å². The molecule has 1 aromatic carbocycles. The Morgan fingerprint density at radius 2 is 1.82 bits per heavy atom. The van der Waals surface area contributed by atoms with E-state index in [0.29, 0.717) is 12.6 Å². The fraction of sp³-hybridized carbons (Fsp3) is 0.529. The number of aromatic nitrogens is 2. The standard InChI is InChI=1S/C17H23N3O2/c1-4-18-14-7-5-6-8-15(14)19(17(18)22)11-16(21)20(12(2)3)13-9-10-13/h5-8,12-13H,4,9-11H2,1-3H3. The highest BCUT2D eigenvalue weighted by Crippen LogP contribution is 2.29. The van der Waals surface area contributed by atoms with Crippen LogP contribution in [-0.4, -0.2) is 32.0 Å². The van der Waals surface area contributed by atoms with Gasteiger partial charge in [-0.3, -0.25) is 13.9 Å². The first kappa shape index (κ1) is 14.9. The van der Waals surface area contributed by atoms with E-state index in [0.717, 1.165) is 23.9 Å². The number of carbonyl (C=O) groups is 1. The molecular formula is C17H23N3O2. The number of aryl methyl sites for hydroxylation is 1. The highest BCUT2D eigenvalue weighted by Gasteiger charge is 2.34. The third-order valence-electron chi connectivity index (χ3n) is 4.32. The van der Waals surface area contributed by atoms with E-state index in [1.54, 1.807) is 9.13 Å². The van der Waals surface area contributed by atoms with Gasteiger partial charge in [0.1, 0.15) is 6.54 Å². The summed E-state index contributed by atoms with van der Waals surface area (Å²) in [6, 6.07) is 8.21. The van der Waals surface area contributed by atoms with Crippen molar-refractivity contribution in [2.45, 2.75) is 58.8 Å². The Hall–Kier alpha value is -2.04. The number of nitrogens with zero attached hydrogens (tertiary/aromatic N) is 3. The summed E-state index contributed by atoms with van der Waals surface area (Å²) in [5.74, 6) is 0.0404. The monoisotopic (exact) mass is 301 g/mol. The number of rotatable bonds is 5. The van der Waals surface area contributed by atoms with Crippen molar-refractivity contribution in [1.29, 1.82) is 0 Å². The Kier molecular flexibility index (Phi) is 3.81. The molecule has 0 saturated heterocycles. The van der Waals surface area contributed by atoms with Crippen LogP contribution in [0.5, 0.6) is 0 Å². The lowest BCUT2D eigenvalue weighted by Gasteiger charge is -2.26. The SMILES string of the molecule is CCn1c(=O)n(CC(=O)N(C(C)C)C2CC2)c2ccccc21. The molecule has 0 aliphatic heterocycles. The van der Waals surface area contributed by atoms with Crippen LogP contribution < -0.4 is 5.69 Å². The Labute approximate surface area is 130 Å². The molecule has 1 amide bonds. The van der Waals surface area contributed by atoms with Crippen molar-refractivity contribution in [1.82, 2.24) is 14.0 Å². The number of hydrogen-bond donors (Lipinski definition) is 0. The molecule has 0 N–H and O–H groups in total. The average Bonchev–Trinajstić information content (AvgIpc) is 3.26. The summed E-state index contributed by atoms with van der Waals surface area (Å²) >= 11 is 0. The summed E-state index contributed by atoms with van der Waals surface area (Å²) in [5.41, 5.74) is 1.63. The third kappa shape index (κ3) is 2.45. The molecule has 0 spiro atoms. The fourth-order valence-electron chi connectivity index (χ4n) is 3.21. The van der Waals surface area contributed by atoms with Crippen molar-refractivity contribution in [2.75, 3.05) is 0 Å². The molecule has 0 bridgehead atoms. The Morgan fingerprint density at radius 1 is 1.23 bits per heavy atom. The normalized spacial score (nSPS) is 14.7. The summed E-state index contributed by atoms with van der Waals surface area (Å²) in [4.78, 5) is 27.2. The number of benzene rings is 1. The second kappa shape index (κ2) is 5.63. The molecule has 1 heterocycles. The first-order chi connectivity index (χ1) is 10.5. The fourth-order valence-corrected chi connectivity index (χ4v) is 3.21. The summed E-state index contributed by atoms with van der Waals surface area (Å²) in [5, 5.41) is 0. The van der Waals surface area contributed by atoms with Gasteiger partial charge in [-0.25, -0.2) is 4.79 Å². The lowest BCUT2D eigenvalue weighted by atomic mass is 10.3. The number of fused-ring (bicyclic) bond motifs is 1. The van der Waals surface area contributed by atoms with E-state index in [2.05, 4.69) is 0 Å². The van der Waals surface area contributed by atoms with Crippen molar-refractivity contribution in [3.63, 3.8) is 0 Å². The molecule has 1 fully saturated rings. The third-order valence-corrected chi connectivity index (χ3v) is 4.32. The van der Waals surface area contributed by atoms with Gasteiger partial charge in [-0.05, 0) is 45.7 Å². The summed E-state index contributed by atoms with van der Waals surface area (Å²) < 4.78 is 3.33. The van der Waals surface area contributed by atoms with Gasteiger partial charge in [0, 0.05) is 18.6 Å². The molecule has 5 heteroatoms. The van der Waals surface area contributed by atoms with E-state index in [4.69, 9.17) is 0 Å². The van der Waals surface area contributed by atoms with Gasteiger partial charge in [0.2, 0.25) is 5.91 Å². The van der Waals surface area contributed by atoms with Crippen LogP contribution in [0, 0.1) is 0 Å². The minimum Gasteiger partial charge on any atom is -0.336 e. The molecule has 1 aliphatic carbocycles. The number of amides is 1. The highest BCUT2D eigenvalue weighted by molar-refractivity contribution is 5.81. The number of hydrogen-bond acceptors (Lipinski definition) is 2. The average molecular weight is 301 g/mol. The van der Waals surface area contributed by atoms with E-state index in [1.807, 2.05) is 49.9 Å². The quantitative estimate of drug-likeness (QED) is 0.850. The van der Waals surface area contributed by atoms with Gasteiger partial charge in [0.05, 0.1) is 11.0 Å². The smallest absolute Gasteiger partial charge is 0.329 e. The molecule has 22 heavy (non-hydrogen) atoms. The zero-order chi connectivity index (χ0) is 15.9. The Morgan fingerprint density at radius 3 is 2.32 bits per heavy atom. The minimum atomic E-state index is -0.100. The molecule has 1 aliphatic rings. The maximum absolute atomic E-state index is 12.7. The number of para-hydroxylation sites is 2. The number of imidazole rings is 1. The molecule has 1 saturated carbocycles. The zero-order valence-corrected chi connectivity index (χ0v) is 13.5. The van der Waals surface area contributed by atoms with Crippen molar-refractivity contribution in [3.8, 4) is 0 Å². The maximum atomic E-state index is 12.7. The van der Waals surface area contributed by atoms with Crippen LogP contribution in [0.4, 0.5) is 0 Å². The van der Waals surface area contributed by atoms with Crippen LogP contribution in [0.2, 0.25) is 0 Å². The van der Waals surface area contributed by atoms with Gasteiger partial charge in [-0.2, -0.15) is 0 Å². The summed E-state index contributed by atoms with van der Waals surface area (Å²) in [7, 11) is 0. The molecule has 3 rings (SSSR count). The van der Waals surface area contributed by atoms with E-state index in [9.17, 15) is 9.59 Å². The zero-order valence-electron chi connectivity index (χ0n) is 13.5. The van der Waals surface area contributed by atoms with E-state index in [1.165, 1.54) is 0 Å². The predicted octanol–water partition coefficient (Wildman–Crippen LogP) is 2.22. The van der Waals surface area contributed by atoms with Gasteiger partial charge in [0.25, 0.3) is 0 Å². The molecule has 118 valence electrons. The number of carbonyl (C=O) groups excluding carboxylic acids is 1. The molecule has 1 aromatic heterocycles. The molecule has 2 aromatic rings. The summed E-state index contributed by atoms with van der Waals surface area (Å²) in [6.45, 7) is 6.76. The Bertz CT molecular complexity index is 751. The van der Waals surface area contributed by atoms with Gasteiger partial charge < -0.3 is 4.90 Å². The molecule has 5 nitrogen and oxygen atoms in total. The first-order valence-corrected chi connectivity index (χ1v) is 8.03. The first-order valence-electron chi connectivity index (χ1n) is 8.03. The molecule has 0 unspecified atom stereocenters. The minimum absolute atomic E-state index is 0.0404. The largest absolute Gasteiger partial charge is 0.336 e. The van der Waals surface area contributed by atoms with Crippen molar-refractivity contribution >= 4 is 16.9 Å². The van der Waals surface area contributed by atoms with Crippen LogP contribution in [0.25, 0.3) is 11.0 Å². The van der Waals surface area contributed by atoms with Crippen LogP contribution in [0.1, 0.15) is 33.6 Å². The topological polar surface area (TPSA) is 47.2 Å². The predicted molar refractivity (Wildman–Crippen MR) is 86.9 cm³/mol. The van der Waals surface area contributed by atoms with Gasteiger partial charge >= 0.3 is 5.69 Å². The summed E-state index contributed by atoms with van der Waals surface area (Å²) in [6.07, 6.45) is 2.16. The van der Waals surface area contributed by atoms with Crippen molar-refractivity contribution in [3.05, 3.63) is 34.7 Å². The van der Waals surface area contributed by atoms with E-state index in [-0.39, 0.29) is 24.2 Å². The van der Waals surface area contributed by atoms with Crippen LogP contribution in [0.15, 0.2) is 29.1 Å². The van der Waals surface area contributed by atoms with Gasteiger partial charge in [-0.15, -0.1) is 0 Å². The van der Waals surface area contributed by atoms with Crippen LogP contribution in [0.3, 0.4) is 0 Å². The van der Waals surface area contributed by atoms with Crippen molar-refractivity contribution in [2.24, 2.45) is 0 Å². The Balaban J connectivity index is 1.98. The lowest BCUT2D eigenvalue weighted by molar-refractivity contribution is -0.134.